The molecule has 180 valence electrons. The number of hydrogen-bond donors (Lipinski definition) is 2. The number of sulfonamides is 1. The van der Waals surface area contributed by atoms with Gasteiger partial charge < -0.3 is 10.1 Å². The Hall–Kier alpha value is -3.19. The summed E-state index contributed by atoms with van der Waals surface area (Å²) in [6, 6.07) is 15.1. The lowest BCUT2D eigenvalue weighted by Crippen LogP contribution is -2.16. The van der Waals surface area contributed by atoms with Crippen LogP contribution in [0.2, 0.25) is 10.2 Å². The van der Waals surface area contributed by atoms with Crippen molar-refractivity contribution in [2.75, 3.05) is 10.0 Å². The molecule has 35 heavy (non-hydrogen) atoms. The molecule has 4 aromatic rings. The van der Waals surface area contributed by atoms with Gasteiger partial charge in [-0.2, -0.15) is 5.10 Å². The second kappa shape index (κ2) is 10.6. The maximum Gasteiger partial charge on any atom is 0.276 e. The summed E-state index contributed by atoms with van der Waals surface area (Å²) in [6.07, 6.45) is 1.60. The van der Waals surface area contributed by atoms with Crippen LogP contribution < -0.4 is 14.8 Å². The monoisotopic (exact) mass is 596 g/mol. The van der Waals surface area contributed by atoms with Crippen molar-refractivity contribution >= 4 is 66.6 Å². The van der Waals surface area contributed by atoms with E-state index in [4.69, 9.17) is 27.9 Å². The lowest BCUT2D eigenvalue weighted by atomic mass is 10.3. The Kier molecular flexibility index (Phi) is 7.55. The van der Waals surface area contributed by atoms with Gasteiger partial charge in [0.05, 0.1) is 9.37 Å². The molecule has 0 aliphatic heterocycles. The van der Waals surface area contributed by atoms with Gasteiger partial charge in [0.1, 0.15) is 5.75 Å². The van der Waals surface area contributed by atoms with E-state index in [0.29, 0.717) is 20.9 Å². The minimum atomic E-state index is -3.90. The highest BCUT2D eigenvalue weighted by Crippen LogP contribution is 2.28. The Morgan fingerprint density at radius 2 is 1.80 bits per heavy atom. The van der Waals surface area contributed by atoms with Crippen molar-refractivity contribution in [1.82, 2.24) is 20.0 Å². The van der Waals surface area contributed by atoms with Gasteiger partial charge in [0.2, 0.25) is 0 Å². The standard InChI is InChI=1S/C21H15BrCl2N6O4S/c22-16-11-13(23)1-6-18(16)34-12-30-10-9-17(28-30)21(31)25-14-2-4-15(5-3-14)35(32,33)29-20-8-7-19(24)26-27-20/h1-11H,12H2,(H,25,31)(H,27,29). The molecule has 2 aromatic carbocycles. The molecular weight excluding hydrogens is 583 g/mol. The fourth-order valence-corrected chi connectivity index (χ4v) is 4.66. The van der Waals surface area contributed by atoms with E-state index < -0.39 is 15.9 Å². The van der Waals surface area contributed by atoms with E-state index in [1.165, 1.54) is 47.1 Å². The van der Waals surface area contributed by atoms with Gasteiger partial charge in [-0.05, 0) is 76.6 Å². The van der Waals surface area contributed by atoms with Crippen molar-refractivity contribution in [2.45, 2.75) is 11.6 Å². The minimum Gasteiger partial charge on any atom is -0.470 e. The first kappa shape index (κ1) is 24.9. The molecule has 0 aliphatic rings. The third kappa shape index (κ3) is 6.48. The molecule has 4 rings (SSSR count). The molecule has 2 N–H and O–H groups in total. The number of carbonyl (C=O) groups excluding carboxylic acids is 1. The summed E-state index contributed by atoms with van der Waals surface area (Å²) in [5.74, 6) is 0.125. The molecule has 0 aliphatic carbocycles. The van der Waals surface area contributed by atoms with Crippen LogP contribution in [0.25, 0.3) is 0 Å². The van der Waals surface area contributed by atoms with E-state index in [9.17, 15) is 13.2 Å². The quantitative estimate of drug-likeness (QED) is 0.298. The highest BCUT2D eigenvalue weighted by Gasteiger charge is 2.16. The van der Waals surface area contributed by atoms with Crippen LogP contribution in [0, 0.1) is 0 Å². The first-order chi connectivity index (χ1) is 16.7. The van der Waals surface area contributed by atoms with Crippen LogP contribution in [-0.2, 0) is 16.8 Å². The number of nitrogens with zero attached hydrogens (tertiary/aromatic N) is 4. The Balaban J connectivity index is 1.36. The number of rotatable bonds is 8. The molecular formula is C21H15BrCl2N6O4S. The van der Waals surface area contributed by atoms with Crippen molar-refractivity contribution in [3.8, 4) is 5.75 Å². The van der Waals surface area contributed by atoms with Gasteiger partial charge in [-0.3, -0.25) is 9.52 Å². The summed E-state index contributed by atoms with van der Waals surface area (Å²) in [5.41, 5.74) is 0.541. The van der Waals surface area contributed by atoms with Crippen LogP contribution in [0.1, 0.15) is 10.5 Å². The zero-order chi connectivity index (χ0) is 25.0. The normalized spacial score (nSPS) is 11.2. The highest BCUT2D eigenvalue weighted by molar-refractivity contribution is 9.10. The van der Waals surface area contributed by atoms with E-state index in [2.05, 4.69) is 41.3 Å². The number of amides is 1. The van der Waals surface area contributed by atoms with Crippen LogP contribution in [0.4, 0.5) is 11.5 Å². The summed E-state index contributed by atoms with van der Waals surface area (Å²) in [5, 5.41) is 14.8. The Labute approximate surface area is 218 Å². The molecule has 0 fully saturated rings. The van der Waals surface area contributed by atoms with Gasteiger partial charge in [0.15, 0.2) is 23.4 Å². The number of aromatic nitrogens is 4. The summed E-state index contributed by atoms with van der Waals surface area (Å²) in [6.45, 7) is 0.0745. The molecule has 0 saturated heterocycles. The van der Waals surface area contributed by atoms with Crippen molar-refractivity contribution in [3.63, 3.8) is 0 Å². The average Bonchev–Trinajstić information content (AvgIpc) is 3.30. The molecule has 0 bridgehead atoms. The summed E-state index contributed by atoms with van der Waals surface area (Å²) in [7, 11) is -3.90. The fourth-order valence-electron chi connectivity index (χ4n) is 2.76. The maximum absolute atomic E-state index is 12.5. The minimum absolute atomic E-state index is 0.0229. The molecule has 0 radical (unpaired) electrons. The van der Waals surface area contributed by atoms with Crippen LogP contribution in [-0.4, -0.2) is 34.3 Å². The highest BCUT2D eigenvalue weighted by atomic mass is 79.9. The lowest BCUT2D eigenvalue weighted by molar-refractivity contribution is 0.102. The zero-order valence-corrected chi connectivity index (χ0v) is 21.4. The maximum atomic E-state index is 12.5. The molecule has 0 saturated carbocycles. The number of anilines is 2. The molecule has 0 unspecified atom stereocenters. The van der Waals surface area contributed by atoms with Crippen molar-refractivity contribution in [1.29, 1.82) is 0 Å². The summed E-state index contributed by atoms with van der Waals surface area (Å²) in [4.78, 5) is 12.5. The molecule has 1 amide bonds. The molecule has 14 heteroatoms. The third-order valence-electron chi connectivity index (χ3n) is 4.41. The van der Waals surface area contributed by atoms with Gasteiger partial charge in [0.25, 0.3) is 15.9 Å². The van der Waals surface area contributed by atoms with Gasteiger partial charge >= 0.3 is 0 Å². The van der Waals surface area contributed by atoms with Crippen LogP contribution in [0.5, 0.6) is 5.75 Å². The van der Waals surface area contributed by atoms with E-state index in [1.54, 1.807) is 24.4 Å². The molecule has 2 aromatic heterocycles. The average molecular weight is 598 g/mol. The van der Waals surface area contributed by atoms with Gasteiger partial charge in [-0.25, -0.2) is 13.1 Å². The lowest BCUT2D eigenvalue weighted by Gasteiger charge is -2.09. The third-order valence-corrected chi connectivity index (χ3v) is 6.84. The second-order valence-electron chi connectivity index (χ2n) is 6.91. The van der Waals surface area contributed by atoms with Crippen molar-refractivity contribution < 1.29 is 17.9 Å². The Bertz CT molecular complexity index is 1460. The van der Waals surface area contributed by atoms with Gasteiger partial charge in [-0.1, -0.05) is 23.2 Å². The van der Waals surface area contributed by atoms with E-state index in [1.807, 2.05) is 0 Å². The van der Waals surface area contributed by atoms with E-state index >= 15 is 0 Å². The molecule has 0 spiro atoms. The SMILES string of the molecule is O=C(Nc1ccc(S(=O)(=O)Nc2ccc(Cl)nn2)cc1)c1ccn(COc2ccc(Cl)cc2Br)n1. The predicted molar refractivity (Wildman–Crippen MR) is 134 cm³/mol. The molecule has 10 nitrogen and oxygen atoms in total. The number of benzene rings is 2. The largest absolute Gasteiger partial charge is 0.470 e. The van der Waals surface area contributed by atoms with Crippen molar-refractivity contribution in [3.05, 3.63) is 87.2 Å². The Morgan fingerprint density at radius 1 is 1.03 bits per heavy atom. The van der Waals surface area contributed by atoms with Crippen LogP contribution in [0.15, 0.2) is 76.2 Å². The van der Waals surface area contributed by atoms with Gasteiger partial charge in [-0.15, -0.1) is 10.2 Å². The number of hydrogen-bond acceptors (Lipinski definition) is 7. The first-order valence-corrected chi connectivity index (χ1v) is 12.8. The number of nitrogens with one attached hydrogen (secondary N) is 2. The number of carbonyl (C=O) groups is 1. The van der Waals surface area contributed by atoms with Crippen molar-refractivity contribution in [2.24, 2.45) is 0 Å². The Morgan fingerprint density at radius 3 is 2.49 bits per heavy atom. The van der Waals surface area contributed by atoms with Crippen LogP contribution in [0.3, 0.4) is 0 Å². The smallest absolute Gasteiger partial charge is 0.276 e. The molecule has 2 heterocycles. The van der Waals surface area contributed by atoms with Gasteiger partial charge in [0, 0.05) is 16.9 Å². The summed E-state index contributed by atoms with van der Waals surface area (Å²) < 4.78 is 35.1. The zero-order valence-electron chi connectivity index (χ0n) is 17.5. The second-order valence-corrected chi connectivity index (χ2v) is 10.3. The number of halogens is 3. The topological polar surface area (TPSA) is 128 Å². The van der Waals surface area contributed by atoms with E-state index in [-0.39, 0.29) is 28.3 Å². The predicted octanol–water partition coefficient (Wildman–Crippen LogP) is 4.83. The van der Waals surface area contributed by atoms with Crippen LogP contribution >= 0.6 is 39.1 Å². The fraction of sp³-hybridized carbons (Fsp3) is 0.0476. The van der Waals surface area contributed by atoms with E-state index in [0.717, 1.165) is 0 Å². The molecule has 0 atom stereocenters. The number of ether oxygens (including phenoxy) is 1. The first-order valence-electron chi connectivity index (χ1n) is 9.74. The summed E-state index contributed by atoms with van der Waals surface area (Å²) >= 11 is 14.9.